The number of carbonyl (C=O) groups is 2. The molecule has 0 aromatic heterocycles. The fourth-order valence-corrected chi connectivity index (χ4v) is 3.58. The predicted molar refractivity (Wildman–Crippen MR) is 132 cm³/mol. The second-order valence-corrected chi connectivity index (χ2v) is 8.78. The third-order valence-electron chi connectivity index (χ3n) is 5.21. The fraction of sp³-hybridized carbons (Fsp3) is 0.857. The van der Waals surface area contributed by atoms with Crippen LogP contribution in [0.25, 0.3) is 0 Å². The first kappa shape index (κ1) is 27.6. The normalized spacial score (nSPS) is 18.4. The summed E-state index contributed by atoms with van der Waals surface area (Å²) in [6, 6.07) is 0. The topological polar surface area (TPSA) is 86.7 Å². The average Bonchev–Trinajstić information content (AvgIpc) is 2.70. The van der Waals surface area contributed by atoms with Gasteiger partial charge in [-0.3, -0.25) is 4.99 Å². The number of piperazine rings is 1. The Morgan fingerprint density at radius 3 is 2.00 bits per heavy atom. The lowest BCUT2D eigenvalue weighted by atomic mass is 9.97. The highest BCUT2D eigenvalue weighted by molar-refractivity contribution is 14.0. The van der Waals surface area contributed by atoms with E-state index >= 15 is 0 Å². The van der Waals surface area contributed by atoms with Gasteiger partial charge >= 0.3 is 12.2 Å². The molecule has 2 rings (SSSR count). The molecule has 0 saturated carbocycles. The van der Waals surface area contributed by atoms with Crippen molar-refractivity contribution in [2.45, 2.75) is 53.1 Å². The van der Waals surface area contributed by atoms with Crippen LogP contribution in [0.1, 0.15) is 47.5 Å². The standard InChI is InChI=1S/C21H39N5O4.HI/c1-6-22-18(24-12-14-26(15-13-24)19(27)29-7-2)23-16-17-8-10-25(11-9-17)20(28)30-21(3,4)5;/h17H,6-16H2,1-5H3,(H,22,23);1H. The molecular formula is C21H40IN5O4. The number of carbonyl (C=O) groups excluding carboxylic acids is 2. The fourth-order valence-electron chi connectivity index (χ4n) is 3.58. The quantitative estimate of drug-likeness (QED) is 0.328. The summed E-state index contributed by atoms with van der Waals surface area (Å²) < 4.78 is 10.6. The number of nitrogens with zero attached hydrogens (tertiary/aromatic N) is 4. The molecule has 31 heavy (non-hydrogen) atoms. The van der Waals surface area contributed by atoms with Gasteiger partial charge in [-0.1, -0.05) is 0 Å². The second kappa shape index (κ2) is 13.2. The third kappa shape index (κ3) is 9.28. The number of halogens is 1. The molecule has 0 aromatic rings. The summed E-state index contributed by atoms with van der Waals surface area (Å²) in [5.74, 6) is 1.36. The minimum Gasteiger partial charge on any atom is -0.450 e. The number of piperidine rings is 1. The molecular weight excluding hydrogens is 513 g/mol. The molecule has 0 spiro atoms. The van der Waals surface area contributed by atoms with Gasteiger partial charge in [0.05, 0.1) is 6.61 Å². The minimum absolute atomic E-state index is 0. The molecule has 9 nitrogen and oxygen atoms in total. The Morgan fingerprint density at radius 1 is 0.935 bits per heavy atom. The summed E-state index contributed by atoms with van der Waals surface area (Å²) in [7, 11) is 0. The SMILES string of the molecule is CCNC(=NCC1CCN(C(=O)OC(C)(C)C)CC1)N1CCN(C(=O)OCC)CC1.I. The summed E-state index contributed by atoms with van der Waals surface area (Å²) in [4.78, 5) is 34.7. The lowest BCUT2D eigenvalue weighted by molar-refractivity contribution is 0.0187. The molecule has 0 radical (unpaired) electrons. The third-order valence-corrected chi connectivity index (χ3v) is 5.21. The van der Waals surface area contributed by atoms with Gasteiger partial charge in [0.25, 0.3) is 0 Å². The Morgan fingerprint density at radius 2 is 1.48 bits per heavy atom. The van der Waals surface area contributed by atoms with E-state index in [0.29, 0.717) is 38.7 Å². The molecule has 180 valence electrons. The molecule has 2 heterocycles. The van der Waals surface area contributed by atoms with Crippen LogP contribution in [0.4, 0.5) is 9.59 Å². The van der Waals surface area contributed by atoms with Crippen LogP contribution in [-0.4, -0.2) is 97.4 Å². The van der Waals surface area contributed by atoms with Crippen LogP contribution in [0.3, 0.4) is 0 Å². The van der Waals surface area contributed by atoms with Crippen molar-refractivity contribution in [2.75, 3.05) is 59.0 Å². The number of amides is 2. The van der Waals surface area contributed by atoms with E-state index in [1.54, 1.807) is 9.80 Å². The van der Waals surface area contributed by atoms with Crippen molar-refractivity contribution >= 4 is 42.1 Å². The number of nitrogens with one attached hydrogen (secondary N) is 1. The Kier molecular flexibility index (Phi) is 11.7. The van der Waals surface area contributed by atoms with E-state index in [1.807, 2.05) is 27.7 Å². The van der Waals surface area contributed by atoms with Gasteiger partial charge in [-0.15, -0.1) is 24.0 Å². The first-order valence-electron chi connectivity index (χ1n) is 11.2. The van der Waals surface area contributed by atoms with Crippen LogP contribution < -0.4 is 5.32 Å². The summed E-state index contributed by atoms with van der Waals surface area (Å²) >= 11 is 0. The van der Waals surface area contributed by atoms with Crippen molar-refractivity contribution in [3.8, 4) is 0 Å². The Bertz CT molecular complexity index is 595. The summed E-state index contributed by atoms with van der Waals surface area (Å²) in [5, 5.41) is 3.37. The summed E-state index contributed by atoms with van der Waals surface area (Å²) in [6.07, 6.45) is 1.39. The number of rotatable bonds is 4. The number of aliphatic imine (C=N–C) groups is 1. The van der Waals surface area contributed by atoms with Crippen LogP contribution >= 0.6 is 24.0 Å². The first-order valence-corrected chi connectivity index (χ1v) is 11.2. The van der Waals surface area contributed by atoms with E-state index in [-0.39, 0.29) is 36.2 Å². The molecule has 2 fully saturated rings. The maximum atomic E-state index is 12.2. The Hall–Kier alpha value is -1.46. The van der Waals surface area contributed by atoms with Crippen molar-refractivity contribution in [2.24, 2.45) is 10.9 Å². The molecule has 2 amide bonds. The monoisotopic (exact) mass is 553 g/mol. The van der Waals surface area contributed by atoms with Crippen molar-refractivity contribution in [3.05, 3.63) is 0 Å². The van der Waals surface area contributed by atoms with E-state index in [2.05, 4.69) is 17.1 Å². The van der Waals surface area contributed by atoms with Gasteiger partial charge in [0.1, 0.15) is 5.60 Å². The number of hydrogen-bond acceptors (Lipinski definition) is 5. The maximum absolute atomic E-state index is 12.2. The molecule has 0 unspecified atom stereocenters. The van der Waals surface area contributed by atoms with Crippen LogP contribution in [0, 0.1) is 5.92 Å². The van der Waals surface area contributed by atoms with E-state index in [4.69, 9.17) is 14.5 Å². The molecule has 1 N–H and O–H groups in total. The molecule has 0 aromatic carbocycles. The minimum atomic E-state index is -0.462. The largest absolute Gasteiger partial charge is 0.450 e. The Balaban J connectivity index is 0.00000480. The predicted octanol–water partition coefficient (Wildman–Crippen LogP) is 2.99. The van der Waals surface area contributed by atoms with Crippen LogP contribution in [0.15, 0.2) is 4.99 Å². The Labute approximate surface area is 203 Å². The van der Waals surface area contributed by atoms with Gasteiger partial charge in [-0.25, -0.2) is 9.59 Å². The average molecular weight is 553 g/mol. The molecule has 2 aliphatic rings. The van der Waals surface area contributed by atoms with Crippen LogP contribution in [0.5, 0.6) is 0 Å². The zero-order valence-corrected chi connectivity index (χ0v) is 22.0. The zero-order valence-electron chi connectivity index (χ0n) is 19.7. The van der Waals surface area contributed by atoms with Gasteiger partial charge in [-0.2, -0.15) is 0 Å². The highest BCUT2D eigenvalue weighted by Crippen LogP contribution is 2.20. The van der Waals surface area contributed by atoms with Gasteiger partial charge < -0.3 is 29.5 Å². The van der Waals surface area contributed by atoms with Crippen molar-refractivity contribution < 1.29 is 19.1 Å². The lowest BCUT2D eigenvalue weighted by Crippen LogP contribution is -2.54. The van der Waals surface area contributed by atoms with E-state index < -0.39 is 5.60 Å². The van der Waals surface area contributed by atoms with Crippen LogP contribution in [0.2, 0.25) is 0 Å². The number of likely N-dealkylation sites (tertiary alicyclic amines) is 1. The van der Waals surface area contributed by atoms with Crippen molar-refractivity contribution in [1.29, 1.82) is 0 Å². The maximum Gasteiger partial charge on any atom is 0.410 e. The highest BCUT2D eigenvalue weighted by atomic mass is 127. The van der Waals surface area contributed by atoms with E-state index in [0.717, 1.165) is 45.0 Å². The summed E-state index contributed by atoms with van der Waals surface area (Å²) in [5.41, 5.74) is -0.462. The molecule has 2 saturated heterocycles. The van der Waals surface area contributed by atoms with Gasteiger partial charge in [0.15, 0.2) is 5.96 Å². The summed E-state index contributed by atoms with van der Waals surface area (Å²) in [6.45, 7) is 15.7. The van der Waals surface area contributed by atoms with Crippen LogP contribution in [-0.2, 0) is 9.47 Å². The molecule has 2 aliphatic heterocycles. The second-order valence-electron chi connectivity index (χ2n) is 8.78. The lowest BCUT2D eigenvalue weighted by Gasteiger charge is -2.36. The molecule has 0 atom stereocenters. The molecule has 0 aliphatic carbocycles. The van der Waals surface area contributed by atoms with Gasteiger partial charge in [0, 0.05) is 52.4 Å². The number of guanidine groups is 1. The van der Waals surface area contributed by atoms with Crippen molar-refractivity contribution in [3.63, 3.8) is 0 Å². The van der Waals surface area contributed by atoms with E-state index in [1.165, 1.54) is 0 Å². The highest BCUT2D eigenvalue weighted by Gasteiger charge is 2.27. The van der Waals surface area contributed by atoms with Gasteiger partial charge in [0.2, 0.25) is 0 Å². The van der Waals surface area contributed by atoms with Crippen molar-refractivity contribution in [1.82, 2.24) is 20.0 Å². The number of ether oxygens (including phenoxy) is 2. The smallest absolute Gasteiger partial charge is 0.410 e. The van der Waals surface area contributed by atoms with E-state index in [9.17, 15) is 9.59 Å². The zero-order chi connectivity index (χ0) is 22.1. The molecule has 0 bridgehead atoms. The molecule has 10 heteroatoms. The van der Waals surface area contributed by atoms with Gasteiger partial charge in [-0.05, 0) is 53.4 Å². The first-order chi connectivity index (χ1) is 14.2. The number of hydrogen-bond donors (Lipinski definition) is 1.